The van der Waals surface area contributed by atoms with Gasteiger partial charge in [-0.25, -0.2) is 0 Å². The number of benzene rings is 1. The SMILES string of the molecule is CC(C)N1c2cc(CN3CCNCC3)ccc2CC1C. The maximum Gasteiger partial charge on any atom is 0.0407 e. The molecule has 3 heteroatoms. The van der Waals surface area contributed by atoms with Gasteiger partial charge in [0.25, 0.3) is 0 Å². The summed E-state index contributed by atoms with van der Waals surface area (Å²) in [5, 5.41) is 3.42. The lowest BCUT2D eigenvalue weighted by Crippen LogP contribution is -2.42. The molecule has 0 spiro atoms. The molecule has 1 fully saturated rings. The van der Waals surface area contributed by atoms with Crippen molar-refractivity contribution in [3.8, 4) is 0 Å². The molecular weight excluding hydrogens is 246 g/mol. The first kappa shape index (κ1) is 13.9. The Balaban J connectivity index is 1.78. The monoisotopic (exact) mass is 273 g/mol. The largest absolute Gasteiger partial charge is 0.366 e. The molecule has 1 saturated heterocycles. The highest BCUT2D eigenvalue weighted by molar-refractivity contribution is 5.61. The Morgan fingerprint density at radius 1 is 1.25 bits per heavy atom. The molecule has 1 unspecified atom stereocenters. The van der Waals surface area contributed by atoms with Crippen molar-refractivity contribution in [3.63, 3.8) is 0 Å². The Hall–Kier alpha value is -1.06. The van der Waals surface area contributed by atoms with Crippen molar-refractivity contribution < 1.29 is 0 Å². The molecule has 0 bridgehead atoms. The van der Waals surface area contributed by atoms with E-state index in [4.69, 9.17) is 0 Å². The van der Waals surface area contributed by atoms with Crippen LogP contribution in [-0.2, 0) is 13.0 Å². The van der Waals surface area contributed by atoms with Crippen molar-refractivity contribution in [2.75, 3.05) is 31.1 Å². The second kappa shape index (κ2) is 5.74. The van der Waals surface area contributed by atoms with Gasteiger partial charge in [0.05, 0.1) is 0 Å². The van der Waals surface area contributed by atoms with E-state index < -0.39 is 0 Å². The summed E-state index contributed by atoms with van der Waals surface area (Å²) in [7, 11) is 0. The molecule has 0 amide bonds. The van der Waals surface area contributed by atoms with Gasteiger partial charge in [-0.1, -0.05) is 12.1 Å². The maximum atomic E-state index is 3.42. The molecule has 3 nitrogen and oxygen atoms in total. The van der Waals surface area contributed by atoms with E-state index in [1.165, 1.54) is 36.3 Å². The summed E-state index contributed by atoms with van der Waals surface area (Å²) in [6, 6.07) is 8.34. The van der Waals surface area contributed by atoms with Gasteiger partial charge < -0.3 is 10.2 Å². The minimum absolute atomic E-state index is 0.584. The lowest BCUT2D eigenvalue weighted by Gasteiger charge is -2.30. The highest BCUT2D eigenvalue weighted by atomic mass is 15.2. The predicted molar refractivity (Wildman–Crippen MR) is 85.4 cm³/mol. The second-order valence-electron chi connectivity index (χ2n) is 6.54. The van der Waals surface area contributed by atoms with E-state index in [0.29, 0.717) is 12.1 Å². The average molecular weight is 273 g/mol. The number of rotatable bonds is 3. The fourth-order valence-corrected chi connectivity index (χ4v) is 3.69. The topological polar surface area (TPSA) is 18.5 Å². The van der Waals surface area contributed by atoms with E-state index in [0.717, 1.165) is 19.6 Å². The van der Waals surface area contributed by atoms with Crippen LogP contribution in [0.15, 0.2) is 18.2 Å². The van der Waals surface area contributed by atoms with Crippen LogP contribution < -0.4 is 10.2 Å². The summed E-state index contributed by atoms with van der Waals surface area (Å²) in [6.45, 7) is 12.6. The molecule has 110 valence electrons. The molecule has 2 aliphatic heterocycles. The lowest BCUT2D eigenvalue weighted by molar-refractivity contribution is 0.233. The quantitative estimate of drug-likeness (QED) is 0.911. The van der Waals surface area contributed by atoms with Gasteiger partial charge in [0.1, 0.15) is 0 Å². The van der Waals surface area contributed by atoms with Crippen LogP contribution in [0, 0.1) is 0 Å². The number of piperazine rings is 1. The summed E-state index contributed by atoms with van der Waals surface area (Å²) in [4.78, 5) is 5.13. The van der Waals surface area contributed by atoms with Gasteiger partial charge in [0.2, 0.25) is 0 Å². The maximum absolute atomic E-state index is 3.42. The first-order valence-electron chi connectivity index (χ1n) is 7.98. The summed E-state index contributed by atoms with van der Waals surface area (Å²) in [5.74, 6) is 0. The molecule has 0 radical (unpaired) electrons. The molecule has 1 atom stereocenters. The van der Waals surface area contributed by atoms with E-state index in [9.17, 15) is 0 Å². The van der Waals surface area contributed by atoms with E-state index in [-0.39, 0.29) is 0 Å². The first-order chi connectivity index (χ1) is 9.65. The van der Waals surface area contributed by atoms with Gasteiger partial charge in [-0.2, -0.15) is 0 Å². The van der Waals surface area contributed by atoms with Crippen molar-refractivity contribution in [3.05, 3.63) is 29.3 Å². The molecule has 3 rings (SSSR count). The highest BCUT2D eigenvalue weighted by Crippen LogP contribution is 2.34. The molecule has 1 aromatic rings. The predicted octanol–water partition coefficient (Wildman–Crippen LogP) is 2.25. The van der Waals surface area contributed by atoms with Crippen molar-refractivity contribution in [2.24, 2.45) is 0 Å². The first-order valence-corrected chi connectivity index (χ1v) is 7.98. The number of fused-ring (bicyclic) bond motifs is 1. The fraction of sp³-hybridized carbons (Fsp3) is 0.647. The number of nitrogens with zero attached hydrogens (tertiary/aromatic N) is 2. The number of hydrogen-bond donors (Lipinski definition) is 1. The van der Waals surface area contributed by atoms with Gasteiger partial charge in [0.15, 0.2) is 0 Å². The normalized spacial score (nSPS) is 23.4. The van der Waals surface area contributed by atoms with Crippen LogP contribution in [0.4, 0.5) is 5.69 Å². The van der Waals surface area contributed by atoms with Crippen molar-refractivity contribution >= 4 is 5.69 Å². The second-order valence-corrected chi connectivity index (χ2v) is 6.54. The van der Waals surface area contributed by atoms with Gasteiger partial charge in [0, 0.05) is 50.5 Å². The van der Waals surface area contributed by atoms with Crippen molar-refractivity contribution in [1.29, 1.82) is 0 Å². The summed E-state index contributed by atoms with van der Waals surface area (Å²) in [5.41, 5.74) is 4.46. The molecule has 1 aromatic carbocycles. The highest BCUT2D eigenvalue weighted by Gasteiger charge is 2.28. The average Bonchev–Trinajstić information content (AvgIpc) is 2.75. The standard InChI is InChI=1S/C17H27N3/c1-13(2)20-14(3)10-16-5-4-15(11-17(16)20)12-19-8-6-18-7-9-19/h4-5,11,13-14,18H,6-10,12H2,1-3H3. The minimum Gasteiger partial charge on any atom is -0.366 e. The molecule has 0 saturated carbocycles. The van der Waals surface area contributed by atoms with Crippen molar-refractivity contribution in [2.45, 2.75) is 45.8 Å². The van der Waals surface area contributed by atoms with E-state index in [1.807, 2.05) is 0 Å². The summed E-state index contributed by atoms with van der Waals surface area (Å²) >= 11 is 0. The third-order valence-electron chi connectivity index (χ3n) is 4.59. The molecular formula is C17H27N3. The molecule has 0 aliphatic carbocycles. The molecule has 2 heterocycles. The van der Waals surface area contributed by atoms with Gasteiger partial charge in [-0.05, 0) is 44.4 Å². The zero-order valence-electron chi connectivity index (χ0n) is 13.0. The van der Waals surface area contributed by atoms with Crippen LogP contribution >= 0.6 is 0 Å². The van der Waals surface area contributed by atoms with Crippen LogP contribution in [0.5, 0.6) is 0 Å². The Morgan fingerprint density at radius 3 is 2.70 bits per heavy atom. The van der Waals surface area contributed by atoms with Crippen LogP contribution in [0.25, 0.3) is 0 Å². The van der Waals surface area contributed by atoms with Crippen LogP contribution in [0.2, 0.25) is 0 Å². The zero-order valence-corrected chi connectivity index (χ0v) is 13.0. The molecule has 20 heavy (non-hydrogen) atoms. The van der Waals surface area contributed by atoms with Crippen LogP contribution in [0.1, 0.15) is 31.9 Å². The Kier molecular flexibility index (Phi) is 3.99. The van der Waals surface area contributed by atoms with Gasteiger partial charge in [-0.15, -0.1) is 0 Å². The molecule has 2 aliphatic rings. The zero-order chi connectivity index (χ0) is 14.1. The summed E-state index contributed by atoms with van der Waals surface area (Å²) in [6.07, 6.45) is 1.20. The smallest absolute Gasteiger partial charge is 0.0407 e. The van der Waals surface area contributed by atoms with Crippen molar-refractivity contribution in [1.82, 2.24) is 10.2 Å². The minimum atomic E-state index is 0.584. The Labute approximate surface area is 123 Å². The van der Waals surface area contributed by atoms with Crippen LogP contribution in [-0.4, -0.2) is 43.2 Å². The number of hydrogen-bond acceptors (Lipinski definition) is 3. The Morgan fingerprint density at radius 2 is 2.00 bits per heavy atom. The Bertz CT molecular complexity index is 463. The third-order valence-corrected chi connectivity index (χ3v) is 4.59. The fourth-order valence-electron chi connectivity index (χ4n) is 3.69. The van der Waals surface area contributed by atoms with Gasteiger partial charge >= 0.3 is 0 Å². The number of anilines is 1. The van der Waals surface area contributed by atoms with Gasteiger partial charge in [-0.3, -0.25) is 4.90 Å². The molecule has 1 N–H and O–H groups in total. The number of nitrogens with one attached hydrogen (secondary N) is 1. The summed E-state index contributed by atoms with van der Waals surface area (Å²) < 4.78 is 0. The third kappa shape index (κ3) is 2.70. The molecule has 0 aromatic heterocycles. The van der Waals surface area contributed by atoms with Crippen LogP contribution in [0.3, 0.4) is 0 Å². The van der Waals surface area contributed by atoms with E-state index >= 15 is 0 Å². The van der Waals surface area contributed by atoms with E-state index in [1.54, 1.807) is 0 Å². The lowest BCUT2D eigenvalue weighted by atomic mass is 10.1. The van der Waals surface area contributed by atoms with E-state index in [2.05, 4.69) is 54.1 Å².